The second-order valence-electron chi connectivity index (χ2n) is 3.79. The number of hydrogen-bond donors (Lipinski definition) is 0. The number of rotatable bonds is 3. The first-order valence-corrected chi connectivity index (χ1v) is 5.46. The molecular weight excluding hydrogens is 188 g/mol. The van der Waals surface area contributed by atoms with Crippen LogP contribution in [0.25, 0.3) is 0 Å². The average molecular weight is 205 g/mol. The van der Waals surface area contributed by atoms with E-state index < -0.39 is 5.43 Å². The monoisotopic (exact) mass is 204 g/mol. The molecule has 0 N–H and O–H groups in total. The lowest BCUT2D eigenvalue weighted by atomic mass is 9.85. The van der Waals surface area contributed by atoms with Crippen molar-refractivity contribution in [3.63, 3.8) is 0 Å². The summed E-state index contributed by atoms with van der Waals surface area (Å²) in [7, 11) is 0. The molecule has 1 rings (SSSR count). The summed E-state index contributed by atoms with van der Waals surface area (Å²) in [5.41, 5.74) is -0.654. The minimum atomic E-state index is -0.654. The number of ether oxygens (including phenoxy) is 1. The summed E-state index contributed by atoms with van der Waals surface area (Å²) in [6, 6.07) is 0. The highest BCUT2D eigenvalue weighted by Gasteiger charge is 2.22. The molecule has 0 atom stereocenters. The molecule has 1 aliphatic rings. The van der Waals surface area contributed by atoms with Gasteiger partial charge >= 0.3 is 5.43 Å². The van der Waals surface area contributed by atoms with Crippen LogP contribution in [0.3, 0.4) is 0 Å². The molecule has 0 saturated heterocycles. The third-order valence-corrected chi connectivity index (χ3v) is 2.84. The molecule has 0 unspecified atom stereocenters. The number of carbonyl (C=O) groups excluding carboxylic acids is 1. The molecule has 0 bridgehead atoms. The molecule has 13 heavy (non-hydrogen) atoms. The van der Waals surface area contributed by atoms with Gasteiger partial charge in [-0.2, -0.15) is 0 Å². The quantitative estimate of drug-likeness (QED) is 0.655. The molecule has 0 radical (unpaired) electrons. The predicted molar refractivity (Wildman–Crippen MR) is 53.0 cm³/mol. The standard InChI is InChI=1S/C10H17ClO2/c1-2-3-8-4-6-9(7-5-8)13-10(11)12/h8-9H,2-7H2,1H3. The Morgan fingerprint density at radius 1 is 1.38 bits per heavy atom. The zero-order valence-corrected chi connectivity index (χ0v) is 8.85. The highest BCUT2D eigenvalue weighted by atomic mass is 35.5. The van der Waals surface area contributed by atoms with Crippen molar-refractivity contribution >= 4 is 17.0 Å². The lowest BCUT2D eigenvalue weighted by Gasteiger charge is -2.27. The van der Waals surface area contributed by atoms with Crippen molar-refractivity contribution in [1.29, 1.82) is 0 Å². The second kappa shape index (κ2) is 5.48. The Hall–Kier alpha value is -0.240. The van der Waals surface area contributed by atoms with Crippen LogP contribution < -0.4 is 0 Å². The Kier molecular flexibility index (Phi) is 4.57. The van der Waals surface area contributed by atoms with Crippen molar-refractivity contribution in [2.75, 3.05) is 0 Å². The molecule has 2 nitrogen and oxygen atoms in total. The maximum atomic E-state index is 10.5. The fourth-order valence-electron chi connectivity index (χ4n) is 2.08. The van der Waals surface area contributed by atoms with Crippen LogP contribution in [0.5, 0.6) is 0 Å². The molecule has 76 valence electrons. The Balaban J connectivity index is 2.18. The maximum absolute atomic E-state index is 10.5. The van der Waals surface area contributed by atoms with E-state index in [-0.39, 0.29) is 6.10 Å². The van der Waals surface area contributed by atoms with Crippen molar-refractivity contribution in [2.45, 2.75) is 51.6 Å². The third kappa shape index (κ3) is 3.99. The Labute approximate surface area is 84.6 Å². The van der Waals surface area contributed by atoms with Crippen LogP contribution in [-0.2, 0) is 4.74 Å². The topological polar surface area (TPSA) is 26.3 Å². The molecule has 0 heterocycles. The molecule has 0 amide bonds. The van der Waals surface area contributed by atoms with Crippen molar-refractivity contribution in [2.24, 2.45) is 5.92 Å². The minimum Gasteiger partial charge on any atom is -0.450 e. The van der Waals surface area contributed by atoms with Crippen molar-refractivity contribution in [3.05, 3.63) is 0 Å². The first kappa shape index (κ1) is 10.8. The zero-order valence-electron chi connectivity index (χ0n) is 8.09. The van der Waals surface area contributed by atoms with Gasteiger partial charge in [-0.05, 0) is 31.6 Å². The van der Waals surface area contributed by atoms with Crippen molar-refractivity contribution < 1.29 is 9.53 Å². The van der Waals surface area contributed by atoms with Crippen LogP contribution >= 0.6 is 11.6 Å². The molecule has 0 aliphatic heterocycles. The smallest absolute Gasteiger partial charge is 0.404 e. The third-order valence-electron chi connectivity index (χ3n) is 2.75. The van der Waals surface area contributed by atoms with Gasteiger partial charge in [-0.1, -0.05) is 19.8 Å². The van der Waals surface area contributed by atoms with Crippen LogP contribution in [0.1, 0.15) is 45.4 Å². The fraction of sp³-hybridized carbons (Fsp3) is 0.900. The van der Waals surface area contributed by atoms with E-state index in [1.54, 1.807) is 0 Å². The highest BCUT2D eigenvalue weighted by molar-refractivity contribution is 6.61. The largest absolute Gasteiger partial charge is 0.450 e. The van der Waals surface area contributed by atoms with E-state index in [2.05, 4.69) is 6.92 Å². The van der Waals surface area contributed by atoms with Gasteiger partial charge in [0.2, 0.25) is 0 Å². The van der Waals surface area contributed by atoms with Crippen LogP contribution in [0, 0.1) is 5.92 Å². The SMILES string of the molecule is CCCC1CCC(OC(=O)Cl)CC1. The number of carbonyl (C=O) groups is 1. The summed E-state index contributed by atoms with van der Waals surface area (Å²) >= 11 is 5.15. The predicted octanol–water partition coefficient (Wildman–Crippen LogP) is 3.72. The Morgan fingerprint density at radius 3 is 2.46 bits per heavy atom. The van der Waals surface area contributed by atoms with E-state index in [0.29, 0.717) is 0 Å². The minimum absolute atomic E-state index is 0.0816. The molecule has 0 aromatic rings. The molecule has 1 fully saturated rings. The molecule has 0 aromatic carbocycles. The number of hydrogen-bond acceptors (Lipinski definition) is 2. The van der Waals surface area contributed by atoms with Crippen LogP contribution in [0.2, 0.25) is 0 Å². The van der Waals surface area contributed by atoms with Gasteiger partial charge in [0, 0.05) is 11.6 Å². The summed E-state index contributed by atoms with van der Waals surface area (Å²) in [5, 5.41) is 0. The molecule has 1 saturated carbocycles. The van der Waals surface area contributed by atoms with Crippen LogP contribution in [0.15, 0.2) is 0 Å². The molecule has 0 aromatic heterocycles. The van der Waals surface area contributed by atoms with Gasteiger partial charge in [0.15, 0.2) is 0 Å². The number of halogens is 1. The molecule has 0 spiro atoms. The van der Waals surface area contributed by atoms with Crippen LogP contribution in [-0.4, -0.2) is 11.5 Å². The second-order valence-corrected chi connectivity index (χ2v) is 4.10. The fourth-order valence-corrected chi connectivity index (χ4v) is 2.20. The van der Waals surface area contributed by atoms with E-state index >= 15 is 0 Å². The van der Waals surface area contributed by atoms with Gasteiger partial charge in [-0.3, -0.25) is 0 Å². The summed E-state index contributed by atoms with van der Waals surface area (Å²) in [6.07, 6.45) is 6.99. The molecular formula is C10H17ClO2. The molecule has 1 aliphatic carbocycles. The van der Waals surface area contributed by atoms with Gasteiger partial charge in [0.25, 0.3) is 0 Å². The van der Waals surface area contributed by atoms with Gasteiger partial charge in [-0.15, -0.1) is 0 Å². The van der Waals surface area contributed by atoms with E-state index in [1.165, 1.54) is 25.7 Å². The zero-order chi connectivity index (χ0) is 9.68. The van der Waals surface area contributed by atoms with E-state index in [4.69, 9.17) is 16.3 Å². The van der Waals surface area contributed by atoms with Gasteiger partial charge < -0.3 is 4.74 Å². The van der Waals surface area contributed by atoms with Gasteiger partial charge in [0.1, 0.15) is 6.10 Å². The summed E-state index contributed by atoms with van der Waals surface area (Å²) < 4.78 is 4.94. The normalized spacial score (nSPS) is 28.5. The lowest BCUT2D eigenvalue weighted by Crippen LogP contribution is -2.22. The summed E-state index contributed by atoms with van der Waals surface area (Å²) in [6.45, 7) is 2.21. The summed E-state index contributed by atoms with van der Waals surface area (Å²) in [4.78, 5) is 10.5. The van der Waals surface area contributed by atoms with Gasteiger partial charge in [-0.25, -0.2) is 4.79 Å². The van der Waals surface area contributed by atoms with E-state index in [1.807, 2.05) is 0 Å². The first-order valence-electron chi connectivity index (χ1n) is 5.08. The van der Waals surface area contributed by atoms with Gasteiger partial charge in [0.05, 0.1) is 0 Å². The maximum Gasteiger partial charge on any atom is 0.404 e. The van der Waals surface area contributed by atoms with Crippen molar-refractivity contribution in [3.8, 4) is 0 Å². The van der Waals surface area contributed by atoms with E-state index in [0.717, 1.165) is 18.8 Å². The van der Waals surface area contributed by atoms with Crippen LogP contribution in [0.4, 0.5) is 4.79 Å². The lowest BCUT2D eigenvalue weighted by molar-refractivity contribution is 0.0808. The highest BCUT2D eigenvalue weighted by Crippen LogP contribution is 2.29. The summed E-state index contributed by atoms with van der Waals surface area (Å²) in [5.74, 6) is 0.843. The average Bonchev–Trinajstić information content (AvgIpc) is 2.08. The van der Waals surface area contributed by atoms with Crippen molar-refractivity contribution in [1.82, 2.24) is 0 Å². The van der Waals surface area contributed by atoms with E-state index in [9.17, 15) is 4.79 Å². The molecule has 3 heteroatoms. The first-order chi connectivity index (χ1) is 6.22. The Morgan fingerprint density at radius 2 is 2.00 bits per heavy atom. The Bertz CT molecular complexity index is 162.